The number of thioether (sulfide) groups is 1. The van der Waals surface area contributed by atoms with Gasteiger partial charge in [0, 0.05) is 49.4 Å². The molecule has 1 amide bonds. The zero-order chi connectivity index (χ0) is 19.1. The van der Waals surface area contributed by atoms with Gasteiger partial charge in [-0.2, -0.15) is 0 Å². The second-order valence-electron chi connectivity index (χ2n) is 5.64. The van der Waals surface area contributed by atoms with Gasteiger partial charge in [-0.15, -0.1) is 11.8 Å². The van der Waals surface area contributed by atoms with Gasteiger partial charge in [0.1, 0.15) is 5.69 Å². The van der Waals surface area contributed by atoms with E-state index in [1.807, 2.05) is 4.90 Å². The Kier molecular flexibility index (Phi) is 7.52. The SMILES string of the molecule is COC(=O)CSCCC(=O)N1CCN(c2ccc(Cl)cc2[N+](=O)[O-])CC1. The molecule has 1 aliphatic rings. The molecule has 0 aliphatic carbocycles. The summed E-state index contributed by atoms with van der Waals surface area (Å²) in [6.07, 6.45) is 0.350. The van der Waals surface area contributed by atoms with E-state index in [0.717, 1.165) is 0 Å². The number of benzene rings is 1. The van der Waals surface area contributed by atoms with E-state index in [4.69, 9.17) is 11.6 Å². The highest BCUT2D eigenvalue weighted by Gasteiger charge is 2.25. The number of anilines is 1. The van der Waals surface area contributed by atoms with Gasteiger partial charge in [-0.3, -0.25) is 19.7 Å². The molecule has 10 heteroatoms. The molecule has 0 N–H and O–H groups in total. The molecule has 1 saturated heterocycles. The second kappa shape index (κ2) is 9.63. The summed E-state index contributed by atoms with van der Waals surface area (Å²) in [7, 11) is 1.33. The first kappa shape index (κ1) is 20.3. The third kappa shape index (κ3) is 5.50. The lowest BCUT2D eigenvalue weighted by molar-refractivity contribution is -0.384. The van der Waals surface area contributed by atoms with Crippen LogP contribution in [0.2, 0.25) is 5.02 Å². The van der Waals surface area contributed by atoms with E-state index in [1.54, 1.807) is 17.0 Å². The first-order chi connectivity index (χ1) is 12.4. The lowest BCUT2D eigenvalue weighted by Crippen LogP contribution is -2.49. The number of piperazine rings is 1. The molecule has 0 saturated carbocycles. The van der Waals surface area contributed by atoms with E-state index in [0.29, 0.717) is 49.1 Å². The van der Waals surface area contributed by atoms with Crippen molar-refractivity contribution >= 4 is 46.6 Å². The molecule has 1 aromatic carbocycles. The van der Waals surface area contributed by atoms with Gasteiger partial charge in [-0.05, 0) is 12.1 Å². The number of hydrogen-bond donors (Lipinski definition) is 0. The van der Waals surface area contributed by atoms with Crippen molar-refractivity contribution in [3.05, 3.63) is 33.3 Å². The number of amides is 1. The van der Waals surface area contributed by atoms with E-state index < -0.39 is 4.92 Å². The number of methoxy groups -OCH3 is 1. The van der Waals surface area contributed by atoms with Crippen molar-refractivity contribution in [3.63, 3.8) is 0 Å². The molecule has 142 valence electrons. The molecule has 0 unspecified atom stereocenters. The maximum Gasteiger partial charge on any atom is 0.315 e. The number of hydrogen-bond acceptors (Lipinski definition) is 7. The molecule has 26 heavy (non-hydrogen) atoms. The molecule has 8 nitrogen and oxygen atoms in total. The Hall–Kier alpha value is -2.00. The Balaban J connectivity index is 1.84. The number of rotatable bonds is 7. The number of nitro groups is 1. The highest BCUT2D eigenvalue weighted by molar-refractivity contribution is 7.99. The Morgan fingerprint density at radius 3 is 2.62 bits per heavy atom. The number of ether oxygens (including phenoxy) is 1. The highest BCUT2D eigenvalue weighted by Crippen LogP contribution is 2.31. The molecule has 0 aromatic heterocycles. The Morgan fingerprint density at radius 1 is 1.31 bits per heavy atom. The Morgan fingerprint density at radius 2 is 2.00 bits per heavy atom. The van der Waals surface area contributed by atoms with E-state index in [9.17, 15) is 19.7 Å². The minimum absolute atomic E-state index is 0.0209. The van der Waals surface area contributed by atoms with Crippen LogP contribution in [0.1, 0.15) is 6.42 Å². The third-order valence-electron chi connectivity index (χ3n) is 4.02. The highest BCUT2D eigenvalue weighted by atomic mass is 35.5. The van der Waals surface area contributed by atoms with Gasteiger partial charge in [0.2, 0.25) is 5.91 Å². The second-order valence-corrected chi connectivity index (χ2v) is 7.18. The predicted octanol–water partition coefficient (Wildman–Crippen LogP) is 2.19. The predicted molar refractivity (Wildman–Crippen MR) is 101 cm³/mol. The minimum Gasteiger partial charge on any atom is -0.468 e. The summed E-state index contributed by atoms with van der Waals surface area (Å²) in [5, 5.41) is 11.5. The summed E-state index contributed by atoms with van der Waals surface area (Å²) in [6.45, 7) is 2.04. The molecule has 0 radical (unpaired) electrons. The maximum atomic E-state index is 12.2. The molecule has 0 atom stereocenters. The summed E-state index contributed by atoms with van der Waals surface area (Å²) >= 11 is 7.21. The topological polar surface area (TPSA) is 93.0 Å². The van der Waals surface area contributed by atoms with E-state index >= 15 is 0 Å². The number of carbonyl (C=O) groups excluding carboxylic acids is 2. The van der Waals surface area contributed by atoms with Crippen LogP contribution < -0.4 is 4.90 Å². The molecule has 2 rings (SSSR count). The van der Waals surface area contributed by atoms with Crippen molar-refractivity contribution in [2.24, 2.45) is 0 Å². The van der Waals surface area contributed by atoms with Gasteiger partial charge in [0.05, 0.1) is 17.8 Å². The summed E-state index contributed by atoms with van der Waals surface area (Å²) in [4.78, 5) is 37.7. The van der Waals surface area contributed by atoms with Gasteiger partial charge < -0.3 is 14.5 Å². The summed E-state index contributed by atoms with van der Waals surface area (Å²) < 4.78 is 4.54. The molecule has 0 spiro atoms. The lowest BCUT2D eigenvalue weighted by Gasteiger charge is -2.35. The van der Waals surface area contributed by atoms with Gasteiger partial charge in [-0.1, -0.05) is 11.6 Å². The zero-order valence-electron chi connectivity index (χ0n) is 14.4. The minimum atomic E-state index is -0.447. The van der Waals surface area contributed by atoms with Crippen LogP contribution in [0, 0.1) is 10.1 Å². The number of halogens is 1. The molecule has 1 fully saturated rings. The van der Waals surface area contributed by atoms with Crippen molar-refractivity contribution < 1.29 is 19.2 Å². The first-order valence-corrected chi connectivity index (χ1v) is 9.57. The van der Waals surface area contributed by atoms with Crippen molar-refractivity contribution in [3.8, 4) is 0 Å². The van der Waals surface area contributed by atoms with Crippen LogP contribution in [0.3, 0.4) is 0 Å². The molecule has 1 heterocycles. The van der Waals surface area contributed by atoms with Crippen molar-refractivity contribution in [1.29, 1.82) is 0 Å². The summed E-state index contributed by atoms with van der Waals surface area (Å²) in [5.41, 5.74) is 0.483. The molecule has 1 aromatic rings. The fraction of sp³-hybridized carbons (Fsp3) is 0.500. The summed E-state index contributed by atoms with van der Waals surface area (Å²) in [6, 6.07) is 4.61. The fourth-order valence-corrected chi connectivity index (χ4v) is 3.55. The van der Waals surface area contributed by atoms with Crippen LogP contribution >= 0.6 is 23.4 Å². The summed E-state index contributed by atoms with van der Waals surface area (Å²) in [5.74, 6) is 0.502. The third-order valence-corrected chi connectivity index (χ3v) is 5.18. The van der Waals surface area contributed by atoms with Gasteiger partial charge in [-0.25, -0.2) is 0 Å². The normalized spacial score (nSPS) is 14.2. The van der Waals surface area contributed by atoms with Crippen molar-refractivity contribution in [1.82, 2.24) is 4.90 Å². The monoisotopic (exact) mass is 401 g/mol. The molecule has 0 bridgehead atoms. The van der Waals surface area contributed by atoms with Crippen molar-refractivity contribution in [2.75, 3.05) is 49.7 Å². The van der Waals surface area contributed by atoms with Gasteiger partial charge in [0.25, 0.3) is 5.69 Å². The fourth-order valence-electron chi connectivity index (χ4n) is 2.64. The smallest absolute Gasteiger partial charge is 0.315 e. The molecular weight excluding hydrogens is 382 g/mol. The van der Waals surface area contributed by atoms with Crippen LogP contribution in [0.15, 0.2) is 18.2 Å². The van der Waals surface area contributed by atoms with Crippen molar-refractivity contribution in [2.45, 2.75) is 6.42 Å². The van der Waals surface area contributed by atoms with Gasteiger partial charge in [0.15, 0.2) is 0 Å². The lowest BCUT2D eigenvalue weighted by atomic mass is 10.2. The van der Waals surface area contributed by atoms with Crippen LogP contribution in [0.5, 0.6) is 0 Å². The molecule has 1 aliphatic heterocycles. The maximum absolute atomic E-state index is 12.2. The van der Waals surface area contributed by atoms with Crippen LogP contribution in [0.4, 0.5) is 11.4 Å². The van der Waals surface area contributed by atoms with Crippen LogP contribution in [-0.2, 0) is 14.3 Å². The van der Waals surface area contributed by atoms with Crippen LogP contribution in [-0.4, -0.2) is 66.5 Å². The number of nitrogens with zero attached hydrogens (tertiary/aromatic N) is 3. The van der Waals surface area contributed by atoms with E-state index in [2.05, 4.69) is 4.74 Å². The Bertz CT molecular complexity index is 680. The molecular formula is C16H20ClN3O5S. The number of nitro benzene ring substituents is 1. The zero-order valence-corrected chi connectivity index (χ0v) is 15.9. The first-order valence-electron chi connectivity index (χ1n) is 8.03. The number of esters is 1. The standard InChI is InChI=1S/C16H20ClN3O5S/c1-25-16(22)11-26-9-4-15(21)19-7-5-18(6-8-19)13-3-2-12(17)10-14(13)20(23)24/h2-3,10H,4-9,11H2,1H3. The largest absolute Gasteiger partial charge is 0.468 e. The van der Waals surface area contributed by atoms with E-state index in [-0.39, 0.29) is 23.3 Å². The van der Waals surface area contributed by atoms with E-state index in [1.165, 1.54) is 24.9 Å². The average Bonchev–Trinajstić information content (AvgIpc) is 2.64. The Labute approximate surface area is 160 Å². The number of carbonyl (C=O) groups is 2. The van der Waals surface area contributed by atoms with Gasteiger partial charge >= 0.3 is 5.97 Å². The quantitative estimate of drug-likeness (QED) is 0.299. The average molecular weight is 402 g/mol. The van der Waals surface area contributed by atoms with Crippen LogP contribution in [0.25, 0.3) is 0 Å².